The van der Waals surface area contributed by atoms with E-state index in [-0.39, 0.29) is 0 Å². The maximum atomic E-state index is 5.35. The number of hydrogen-bond donors (Lipinski definition) is 0. The van der Waals surface area contributed by atoms with Gasteiger partial charge in [-0.25, -0.2) is 0 Å². The Labute approximate surface area is 230 Å². The zero-order chi connectivity index (χ0) is 26.9. The van der Waals surface area contributed by atoms with Crippen molar-refractivity contribution in [2.45, 2.75) is 72.1 Å². The highest BCUT2D eigenvalue weighted by Gasteiger charge is 2.22. The monoisotopic (exact) mass is 513 g/mol. The molecule has 1 unspecified atom stereocenters. The molecule has 2 aromatic rings. The summed E-state index contributed by atoms with van der Waals surface area (Å²) in [4.78, 5) is 11.7. The topological polar surface area (TPSA) is 37.7 Å². The summed E-state index contributed by atoms with van der Waals surface area (Å²) in [6, 6.07) is 11.5. The number of allylic oxidation sites excluding steroid dienone is 4. The van der Waals surface area contributed by atoms with Crippen LogP contribution in [0.15, 0.2) is 58.7 Å². The van der Waals surface area contributed by atoms with Crippen LogP contribution in [0.2, 0.25) is 0 Å². The Kier molecular flexibility index (Phi) is 10.3. The Hall–Kier alpha value is -2.72. The molecule has 1 aromatic carbocycles. The van der Waals surface area contributed by atoms with Gasteiger partial charge >= 0.3 is 0 Å². The first-order valence-corrected chi connectivity index (χ1v) is 14.6. The summed E-state index contributed by atoms with van der Waals surface area (Å²) in [6.45, 7) is 9.91. The third-order valence-electron chi connectivity index (χ3n) is 8.47. The predicted molar refractivity (Wildman–Crippen MR) is 162 cm³/mol. The lowest BCUT2D eigenvalue weighted by Gasteiger charge is -2.34. The number of aliphatic imine (C=N–C) groups is 1. The molecule has 1 atom stereocenters. The molecule has 38 heavy (non-hydrogen) atoms. The molecule has 1 fully saturated rings. The molecule has 4 nitrogen and oxygen atoms in total. The van der Waals surface area contributed by atoms with Gasteiger partial charge in [0.2, 0.25) is 0 Å². The molecule has 1 saturated heterocycles. The number of aryl methyl sites for hydroxylation is 1. The van der Waals surface area contributed by atoms with Gasteiger partial charge in [0.1, 0.15) is 0 Å². The van der Waals surface area contributed by atoms with E-state index in [9.17, 15) is 0 Å². The lowest BCUT2D eigenvalue weighted by atomic mass is 9.88. The van der Waals surface area contributed by atoms with Gasteiger partial charge in [-0.3, -0.25) is 9.98 Å². The molecule has 204 valence electrons. The zero-order valence-electron chi connectivity index (χ0n) is 24.3. The Morgan fingerprint density at radius 2 is 1.97 bits per heavy atom. The van der Waals surface area contributed by atoms with E-state index >= 15 is 0 Å². The maximum Gasteiger partial charge on any atom is 0.0487 e. The summed E-state index contributed by atoms with van der Waals surface area (Å²) < 4.78 is 5.35. The fourth-order valence-corrected chi connectivity index (χ4v) is 6.13. The molecule has 0 N–H and O–H groups in total. The summed E-state index contributed by atoms with van der Waals surface area (Å²) in [5.74, 6) is 1.47. The average molecular weight is 514 g/mol. The molecular weight excluding hydrogens is 466 g/mol. The van der Waals surface area contributed by atoms with Crippen LogP contribution >= 0.6 is 0 Å². The van der Waals surface area contributed by atoms with Gasteiger partial charge in [-0.15, -0.1) is 0 Å². The quantitative estimate of drug-likeness (QED) is 0.244. The normalized spacial score (nSPS) is 18.1. The first-order valence-electron chi connectivity index (χ1n) is 14.6. The molecule has 1 aliphatic heterocycles. The standard InChI is InChI=1S/C34H47N3O/c1-6-26(3)34(23-35-4)31-12-11-29-9-7-27(8-10-30(29)21-31)20-32-22-33(13-16-36-32)37-17-14-28(15-18-37)19-25(2)24-38-5/h7,11-13,16,21-23,25,28H,6,8-10,14-15,17-20,24H2,1-5H3/b34-26+,35-23?. The Morgan fingerprint density at radius 1 is 1.16 bits per heavy atom. The molecule has 0 spiro atoms. The number of nitrogens with zero attached hydrogens (tertiary/aromatic N) is 3. The highest BCUT2D eigenvalue weighted by Crippen LogP contribution is 2.30. The van der Waals surface area contributed by atoms with Crippen molar-refractivity contribution in [2.24, 2.45) is 16.8 Å². The highest BCUT2D eigenvalue weighted by molar-refractivity contribution is 6.10. The van der Waals surface area contributed by atoms with E-state index in [0.717, 1.165) is 57.7 Å². The number of benzene rings is 1. The molecule has 4 rings (SSSR count). The number of hydrogen-bond acceptors (Lipinski definition) is 4. The van der Waals surface area contributed by atoms with Gasteiger partial charge < -0.3 is 9.64 Å². The number of ether oxygens (including phenoxy) is 1. The van der Waals surface area contributed by atoms with Crippen LogP contribution < -0.4 is 4.90 Å². The molecule has 1 aromatic heterocycles. The number of methoxy groups -OCH3 is 1. The van der Waals surface area contributed by atoms with Crippen LogP contribution in [0.4, 0.5) is 5.69 Å². The van der Waals surface area contributed by atoms with Crippen LogP contribution in [0, 0.1) is 11.8 Å². The molecule has 0 saturated carbocycles. The van der Waals surface area contributed by atoms with Crippen molar-refractivity contribution in [3.63, 3.8) is 0 Å². The smallest absolute Gasteiger partial charge is 0.0487 e. The van der Waals surface area contributed by atoms with Crippen molar-refractivity contribution >= 4 is 17.5 Å². The minimum absolute atomic E-state index is 0.652. The van der Waals surface area contributed by atoms with Gasteiger partial charge in [-0.1, -0.05) is 49.3 Å². The lowest BCUT2D eigenvalue weighted by molar-refractivity contribution is 0.142. The van der Waals surface area contributed by atoms with Crippen LogP contribution in [-0.4, -0.2) is 45.1 Å². The van der Waals surface area contributed by atoms with Crippen LogP contribution in [0.3, 0.4) is 0 Å². The van der Waals surface area contributed by atoms with Crippen molar-refractivity contribution in [3.05, 3.63) is 76.1 Å². The number of rotatable bonds is 10. The largest absolute Gasteiger partial charge is 0.384 e. The van der Waals surface area contributed by atoms with Gasteiger partial charge in [0.25, 0.3) is 0 Å². The van der Waals surface area contributed by atoms with Crippen molar-refractivity contribution < 1.29 is 4.74 Å². The lowest BCUT2D eigenvalue weighted by Crippen LogP contribution is -2.34. The van der Waals surface area contributed by atoms with Crippen molar-refractivity contribution in [1.29, 1.82) is 0 Å². The molecule has 0 bridgehead atoms. The Balaban J connectivity index is 1.37. The third kappa shape index (κ3) is 7.44. The van der Waals surface area contributed by atoms with Gasteiger partial charge in [-0.2, -0.15) is 0 Å². The van der Waals surface area contributed by atoms with E-state index in [2.05, 4.69) is 67.1 Å². The molecule has 0 radical (unpaired) electrons. The first-order chi connectivity index (χ1) is 18.5. The second-order valence-electron chi connectivity index (χ2n) is 11.4. The van der Waals surface area contributed by atoms with E-state index in [1.807, 2.05) is 26.6 Å². The minimum atomic E-state index is 0.652. The molecule has 1 aliphatic carbocycles. The van der Waals surface area contributed by atoms with Crippen LogP contribution in [-0.2, 0) is 24.0 Å². The fourth-order valence-electron chi connectivity index (χ4n) is 6.13. The summed E-state index contributed by atoms with van der Waals surface area (Å²) in [7, 11) is 3.67. The summed E-state index contributed by atoms with van der Waals surface area (Å²) >= 11 is 0. The molecule has 4 heteroatoms. The average Bonchev–Trinajstić information content (AvgIpc) is 3.14. The summed E-state index contributed by atoms with van der Waals surface area (Å²) in [5.41, 5.74) is 10.9. The molecular formula is C34H47N3O. The van der Waals surface area contributed by atoms with Gasteiger partial charge in [0.15, 0.2) is 0 Å². The molecule has 0 amide bonds. The SMILES string of the molecule is CC/C(C)=C(\C=NC)c1ccc2c(c1)CCC(Cc1cc(N3CCC(CC(C)COC)CC3)ccn1)=CC2. The second kappa shape index (κ2) is 13.9. The third-order valence-corrected chi connectivity index (χ3v) is 8.47. The zero-order valence-corrected chi connectivity index (χ0v) is 24.3. The number of aromatic nitrogens is 1. The summed E-state index contributed by atoms with van der Waals surface area (Å²) in [6.07, 6.45) is 15.5. The number of anilines is 1. The highest BCUT2D eigenvalue weighted by atomic mass is 16.5. The number of fused-ring (bicyclic) bond motifs is 1. The van der Waals surface area contributed by atoms with Crippen LogP contribution in [0.25, 0.3) is 5.57 Å². The van der Waals surface area contributed by atoms with Gasteiger partial charge in [0.05, 0.1) is 0 Å². The Morgan fingerprint density at radius 3 is 2.71 bits per heavy atom. The first kappa shape index (κ1) is 28.3. The minimum Gasteiger partial charge on any atom is -0.384 e. The van der Waals surface area contributed by atoms with Crippen LogP contribution in [0.1, 0.15) is 75.3 Å². The predicted octanol–water partition coefficient (Wildman–Crippen LogP) is 7.51. The van der Waals surface area contributed by atoms with E-state index in [4.69, 9.17) is 9.72 Å². The number of pyridine rings is 1. The van der Waals surface area contributed by atoms with E-state index in [0.29, 0.717) is 5.92 Å². The number of piperidine rings is 1. The van der Waals surface area contributed by atoms with E-state index in [1.165, 1.54) is 64.1 Å². The fraction of sp³-hybridized carbons (Fsp3) is 0.529. The van der Waals surface area contributed by atoms with E-state index in [1.54, 1.807) is 0 Å². The van der Waals surface area contributed by atoms with Crippen molar-refractivity contribution in [3.8, 4) is 0 Å². The maximum absolute atomic E-state index is 5.35. The van der Waals surface area contributed by atoms with Crippen molar-refractivity contribution in [2.75, 3.05) is 38.8 Å². The molecule has 2 heterocycles. The van der Waals surface area contributed by atoms with Gasteiger partial charge in [-0.05, 0) is 98.1 Å². The Bertz CT molecular complexity index is 1150. The van der Waals surface area contributed by atoms with Gasteiger partial charge in [0, 0.05) is 64.1 Å². The van der Waals surface area contributed by atoms with Crippen LogP contribution in [0.5, 0.6) is 0 Å². The van der Waals surface area contributed by atoms with E-state index < -0.39 is 0 Å². The summed E-state index contributed by atoms with van der Waals surface area (Å²) in [5, 5.41) is 0. The second-order valence-corrected chi connectivity index (χ2v) is 11.4. The molecule has 2 aliphatic rings. The van der Waals surface area contributed by atoms with Crippen molar-refractivity contribution in [1.82, 2.24) is 4.98 Å².